The predicted molar refractivity (Wildman–Crippen MR) is 133 cm³/mol. The number of carbonyl (C=O) groups excluding carboxylic acids is 1. The lowest BCUT2D eigenvalue weighted by atomic mass is 10.0. The van der Waals surface area contributed by atoms with Crippen LogP contribution < -0.4 is 14.4 Å². The Kier molecular flexibility index (Phi) is 7.63. The number of methoxy groups -OCH3 is 1. The van der Waals surface area contributed by atoms with Crippen molar-refractivity contribution >= 4 is 11.6 Å². The second-order valence-corrected chi connectivity index (χ2v) is 8.23. The number of hydrogen-bond acceptors (Lipinski definition) is 4. The van der Waals surface area contributed by atoms with E-state index in [0.29, 0.717) is 30.2 Å². The molecule has 3 aromatic rings. The Hall–Kier alpha value is -3.31. The monoisotopic (exact) mass is 444 g/mol. The number of nitrogens with zero attached hydrogens (tertiary/aromatic N) is 2. The van der Waals surface area contributed by atoms with E-state index in [1.165, 1.54) is 12.8 Å². The lowest BCUT2D eigenvalue weighted by Crippen LogP contribution is -2.30. The van der Waals surface area contributed by atoms with Gasteiger partial charge in [-0.3, -0.25) is 9.69 Å². The zero-order valence-corrected chi connectivity index (χ0v) is 19.5. The third kappa shape index (κ3) is 5.55. The Labute approximate surface area is 196 Å². The number of benzene rings is 3. The quantitative estimate of drug-likeness (QED) is 0.437. The van der Waals surface area contributed by atoms with Crippen molar-refractivity contribution in [1.82, 2.24) is 4.90 Å². The molecular weight excluding hydrogens is 412 g/mol. The van der Waals surface area contributed by atoms with E-state index in [2.05, 4.69) is 17.0 Å². The summed E-state index contributed by atoms with van der Waals surface area (Å²) in [4.78, 5) is 17.5. The van der Waals surface area contributed by atoms with Gasteiger partial charge in [-0.25, -0.2) is 0 Å². The minimum Gasteiger partial charge on any atom is -0.493 e. The van der Waals surface area contributed by atoms with E-state index < -0.39 is 0 Å². The molecule has 1 heterocycles. The fraction of sp³-hybridized carbons (Fsp3) is 0.321. The Bertz CT molecular complexity index is 1040. The largest absolute Gasteiger partial charge is 0.493 e. The maximum Gasteiger partial charge on any atom is 0.258 e. The number of amides is 1. The molecule has 1 saturated heterocycles. The first kappa shape index (κ1) is 22.9. The van der Waals surface area contributed by atoms with Gasteiger partial charge in [-0.05, 0) is 68.2 Å². The summed E-state index contributed by atoms with van der Waals surface area (Å²) in [6.07, 6.45) is 2.54. The highest BCUT2D eigenvalue weighted by Crippen LogP contribution is 2.32. The third-order valence-corrected chi connectivity index (χ3v) is 6.12. The Balaban J connectivity index is 1.46. The molecule has 3 aromatic carbocycles. The molecule has 172 valence electrons. The molecule has 0 radical (unpaired) electrons. The molecule has 1 amide bonds. The summed E-state index contributed by atoms with van der Waals surface area (Å²) < 4.78 is 11.6. The van der Waals surface area contributed by atoms with Crippen LogP contribution in [0, 0.1) is 0 Å². The van der Waals surface area contributed by atoms with Crippen LogP contribution in [0.25, 0.3) is 11.1 Å². The summed E-state index contributed by atoms with van der Waals surface area (Å²) in [6, 6.07) is 23.6. The minimum atomic E-state index is -0.0399. The Morgan fingerprint density at radius 1 is 0.909 bits per heavy atom. The second-order valence-electron chi connectivity index (χ2n) is 8.23. The smallest absolute Gasteiger partial charge is 0.258 e. The molecule has 0 atom stereocenters. The average molecular weight is 445 g/mol. The van der Waals surface area contributed by atoms with Gasteiger partial charge in [0.05, 0.1) is 7.11 Å². The predicted octanol–water partition coefficient (Wildman–Crippen LogP) is 5.50. The number of ether oxygens (including phenoxy) is 2. The summed E-state index contributed by atoms with van der Waals surface area (Å²) in [5.41, 5.74) is 3.67. The highest BCUT2D eigenvalue weighted by Gasteiger charge is 2.19. The molecule has 5 heteroatoms. The zero-order chi connectivity index (χ0) is 23.0. The van der Waals surface area contributed by atoms with Gasteiger partial charge in [-0.1, -0.05) is 42.5 Å². The first-order valence-electron chi connectivity index (χ1n) is 11.7. The van der Waals surface area contributed by atoms with Crippen molar-refractivity contribution < 1.29 is 14.3 Å². The highest BCUT2D eigenvalue weighted by molar-refractivity contribution is 6.06. The van der Waals surface area contributed by atoms with Gasteiger partial charge in [0.25, 0.3) is 5.91 Å². The number of rotatable bonds is 9. The molecule has 5 nitrogen and oxygen atoms in total. The van der Waals surface area contributed by atoms with Gasteiger partial charge >= 0.3 is 0 Å². The van der Waals surface area contributed by atoms with Crippen LogP contribution in [0.4, 0.5) is 5.69 Å². The maximum atomic E-state index is 13.3. The van der Waals surface area contributed by atoms with Gasteiger partial charge in [0.1, 0.15) is 6.61 Å². The van der Waals surface area contributed by atoms with Crippen LogP contribution in [0.5, 0.6) is 11.5 Å². The normalized spacial score (nSPS) is 13.6. The van der Waals surface area contributed by atoms with E-state index in [-0.39, 0.29) is 5.91 Å². The molecule has 0 N–H and O–H groups in total. The molecular formula is C28H32N2O3. The van der Waals surface area contributed by atoms with Gasteiger partial charge in [0, 0.05) is 30.4 Å². The lowest BCUT2D eigenvalue weighted by molar-refractivity contribution is 0.0988. The first-order valence-corrected chi connectivity index (χ1v) is 11.7. The average Bonchev–Trinajstić information content (AvgIpc) is 3.39. The summed E-state index contributed by atoms with van der Waals surface area (Å²) >= 11 is 0. The van der Waals surface area contributed by atoms with Crippen LogP contribution in [-0.2, 0) is 0 Å². The molecule has 1 fully saturated rings. The van der Waals surface area contributed by atoms with Crippen molar-refractivity contribution in [3.05, 3.63) is 78.4 Å². The zero-order valence-electron chi connectivity index (χ0n) is 19.5. The Morgan fingerprint density at radius 2 is 1.61 bits per heavy atom. The number of hydrogen-bond donors (Lipinski definition) is 0. The fourth-order valence-electron chi connectivity index (χ4n) is 4.27. The van der Waals surface area contributed by atoms with E-state index in [1.54, 1.807) is 12.0 Å². The van der Waals surface area contributed by atoms with Gasteiger partial charge in [-0.2, -0.15) is 0 Å². The van der Waals surface area contributed by atoms with E-state index in [0.717, 1.165) is 36.4 Å². The number of likely N-dealkylation sites (tertiary alicyclic amines) is 1. The molecule has 33 heavy (non-hydrogen) atoms. The van der Waals surface area contributed by atoms with E-state index in [9.17, 15) is 4.79 Å². The van der Waals surface area contributed by atoms with Gasteiger partial charge in [0.15, 0.2) is 11.5 Å². The fourth-order valence-corrected chi connectivity index (χ4v) is 4.27. The summed E-state index contributed by atoms with van der Waals surface area (Å²) in [6.45, 7) is 6.38. The molecule has 0 aliphatic carbocycles. The molecule has 0 aromatic heterocycles. The summed E-state index contributed by atoms with van der Waals surface area (Å²) in [7, 11) is 1.63. The summed E-state index contributed by atoms with van der Waals surface area (Å²) in [5.74, 6) is 1.30. The van der Waals surface area contributed by atoms with Crippen LogP contribution in [-0.4, -0.2) is 50.7 Å². The van der Waals surface area contributed by atoms with Crippen molar-refractivity contribution in [1.29, 1.82) is 0 Å². The van der Waals surface area contributed by atoms with Crippen molar-refractivity contribution in [2.75, 3.05) is 44.8 Å². The SMILES string of the molecule is CCN(C(=O)c1ccc(-c2ccccc2)cc1)c1ccc(OCCN2CCCC2)c(OC)c1. The van der Waals surface area contributed by atoms with Gasteiger partial charge in [0.2, 0.25) is 0 Å². The second kappa shape index (κ2) is 11.0. The standard InChI is InChI=1S/C28H32N2O3/c1-3-30(28(31)24-13-11-23(12-14-24)22-9-5-4-6-10-22)25-15-16-26(27(21-25)32-2)33-20-19-29-17-7-8-18-29/h4-6,9-16,21H,3,7-8,17-20H2,1-2H3. The number of anilines is 1. The molecule has 0 spiro atoms. The number of carbonyl (C=O) groups is 1. The van der Waals surface area contributed by atoms with Crippen molar-refractivity contribution in [3.8, 4) is 22.6 Å². The van der Waals surface area contributed by atoms with Crippen LogP contribution in [0.15, 0.2) is 72.8 Å². The van der Waals surface area contributed by atoms with Crippen molar-refractivity contribution in [2.45, 2.75) is 19.8 Å². The van der Waals surface area contributed by atoms with Crippen LogP contribution in [0.1, 0.15) is 30.1 Å². The molecule has 0 saturated carbocycles. The van der Waals surface area contributed by atoms with E-state index in [4.69, 9.17) is 9.47 Å². The molecule has 4 rings (SSSR count). The van der Waals surface area contributed by atoms with Gasteiger partial charge < -0.3 is 14.4 Å². The molecule has 0 unspecified atom stereocenters. The third-order valence-electron chi connectivity index (χ3n) is 6.12. The van der Waals surface area contributed by atoms with Crippen molar-refractivity contribution in [2.24, 2.45) is 0 Å². The Morgan fingerprint density at radius 3 is 2.27 bits per heavy atom. The first-order chi connectivity index (χ1) is 16.2. The van der Waals surface area contributed by atoms with E-state index in [1.807, 2.05) is 67.6 Å². The van der Waals surface area contributed by atoms with Crippen molar-refractivity contribution in [3.63, 3.8) is 0 Å². The minimum absolute atomic E-state index is 0.0399. The van der Waals surface area contributed by atoms with Crippen LogP contribution in [0.3, 0.4) is 0 Å². The molecule has 1 aliphatic heterocycles. The van der Waals surface area contributed by atoms with Crippen LogP contribution in [0.2, 0.25) is 0 Å². The van der Waals surface area contributed by atoms with Gasteiger partial charge in [-0.15, -0.1) is 0 Å². The topological polar surface area (TPSA) is 42.0 Å². The molecule has 0 bridgehead atoms. The van der Waals surface area contributed by atoms with Crippen LogP contribution >= 0.6 is 0 Å². The molecule has 1 aliphatic rings. The summed E-state index contributed by atoms with van der Waals surface area (Å²) in [5, 5.41) is 0. The maximum absolute atomic E-state index is 13.3. The highest BCUT2D eigenvalue weighted by atomic mass is 16.5. The van der Waals surface area contributed by atoms with E-state index >= 15 is 0 Å². The lowest BCUT2D eigenvalue weighted by Gasteiger charge is -2.23.